The minimum atomic E-state index is -1.26. The third-order valence-electron chi connectivity index (χ3n) is 3.37. The molecule has 0 radical (unpaired) electrons. The van der Waals surface area contributed by atoms with E-state index in [9.17, 15) is 20.1 Å². The average molecular weight is 337 g/mol. The monoisotopic (exact) mass is 337 g/mol. The summed E-state index contributed by atoms with van der Waals surface area (Å²) in [5, 5.41) is 31.7. The second-order valence-corrected chi connectivity index (χ2v) is 6.45. The predicted molar refractivity (Wildman–Crippen MR) is 83.6 cm³/mol. The van der Waals surface area contributed by atoms with Gasteiger partial charge in [0.15, 0.2) is 6.29 Å². The first-order chi connectivity index (χ1) is 10.5. The van der Waals surface area contributed by atoms with Crippen LogP contribution in [0.4, 0.5) is 0 Å². The number of aliphatic hydroxyl groups excluding tert-OH is 3. The summed E-state index contributed by atoms with van der Waals surface area (Å²) in [5.74, 6) is 1.66. The Bertz CT molecular complexity index is 332. The SMILES string of the molecule is CCNC(=O)CCSCCCO[C@@H]1OC(C)[C@H](O)C(O)[C@@H]1O. The van der Waals surface area contributed by atoms with Crippen LogP contribution in [0.25, 0.3) is 0 Å². The van der Waals surface area contributed by atoms with E-state index >= 15 is 0 Å². The molecule has 1 saturated heterocycles. The number of hydrogen-bond donors (Lipinski definition) is 4. The molecule has 0 aromatic rings. The molecule has 0 aromatic carbocycles. The number of amides is 1. The normalized spacial score (nSPS) is 32.0. The predicted octanol–water partition coefficient (Wildman–Crippen LogP) is -0.520. The third kappa shape index (κ3) is 6.39. The molecule has 1 rings (SSSR count). The van der Waals surface area contributed by atoms with Crippen LogP contribution in [0.1, 0.15) is 26.7 Å². The maximum Gasteiger partial charge on any atom is 0.220 e. The Hall–Kier alpha value is -0.380. The van der Waals surface area contributed by atoms with Crippen LogP contribution < -0.4 is 5.32 Å². The highest BCUT2D eigenvalue weighted by atomic mass is 32.2. The molecule has 0 bridgehead atoms. The summed E-state index contributed by atoms with van der Waals surface area (Å²) in [6.07, 6.45) is -3.88. The fraction of sp³-hybridized carbons (Fsp3) is 0.929. The minimum absolute atomic E-state index is 0.0616. The van der Waals surface area contributed by atoms with Gasteiger partial charge in [-0.05, 0) is 26.0 Å². The summed E-state index contributed by atoms with van der Waals surface area (Å²) in [6, 6.07) is 0. The molecular weight excluding hydrogens is 310 g/mol. The molecule has 130 valence electrons. The molecular formula is C14H27NO6S. The molecule has 0 aromatic heterocycles. The molecule has 0 spiro atoms. The van der Waals surface area contributed by atoms with Crippen molar-refractivity contribution in [2.75, 3.05) is 24.7 Å². The van der Waals surface area contributed by atoms with Crippen molar-refractivity contribution in [2.24, 2.45) is 0 Å². The number of rotatable bonds is 9. The van der Waals surface area contributed by atoms with Crippen LogP contribution in [0.5, 0.6) is 0 Å². The van der Waals surface area contributed by atoms with Gasteiger partial charge in [0.2, 0.25) is 5.91 Å². The Balaban J connectivity index is 2.08. The molecule has 5 atom stereocenters. The fourth-order valence-corrected chi connectivity index (χ4v) is 2.92. The molecule has 1 fully saturated rings. The largest absolute Gasteiger partial charge is 0.388 e. The van der Waals surface area contributed by atoms with Crippen molar-refractivity contribution in [3.63, 3.8) is 0 Å². The Morgan fingerprint density at radius 1 is 1.23 bits per heavy atom. The van der Waals surface area contributed by atoms with Crippen molar-refractivity contribution < 1.29 is 29.6 Å². The van der Waals surface area contributed by atoms with Crippen LogP contribution >= 0.6 is 11.8 Å². The van der Waals surface area contributed by atoms with E-state index in [2.05, 4.69) is 5.32 Å². The average Bonchev–Trinajstić information content (AvgIpc) is 2.49. The number of carbonyl (C=O) groups is 1. The van der Waals surface area contributed by atoms with Crippen LogP contribution in [0.3, 0.4) is 0 Å². The number of hydrogen-bond acceptors (Lipinski definition) is 7. The summed E-state index contributed by atoms with van der Waals surface area (Å²) < 4.78 is 10.7. The van der Waals surface area contributed by atoms with Crippen LogP contribution in [0.2, 0.25) is 0 Å². The molecule has 4 N–H and O–H groups in total. The number of aliphatic hydroxyl groups is 3. The Labute approximate surface area is 135 Å². The molecule has 1 aliphatic rings. The van der Waals surface area contributed by atoms with Crippen molar-refractivity contribution in [1.82, 2.24) is 5.32 Å². The van der Waals surface area contributed by atoms with Crippen molar-refractivity contribution in [1.29, 1.82) is 0 Å². The van der Waals surface area contributed by atoms with Gasteiger partial charge in [-0.2, -0.15) is 11.8 Å². The number of thioether (sulfide) groups is 1. The lowest BCUT2D eigenvalue weighted by molar-refractivity contribution is -0.292. The van der Waals surface area contributed by atoms with Gasteiger partial charge in [-0.15, -0.1) is 0 Å². The number of carbonyl (C=O) groups excluding carboxylic acids is 1. The number of ether oxygens (including phenoxy) is 2. The van der Waals surface area contributed by atoms with Gasteiger partial charge in [0.05, 0.1) is 12.7 Å². The zero-order chi connectivity index (χ0) is 16.5. The summed E-state index contributed by atoms with van der Waals surface area (Å²) >= 11 is 1.66. The highest BCUT2D eigenvalue weighted by Gasteiger charge is 2.42. The maximum atomic E-state index is 11.2. The molecule has 22 heavy (non-hydrogen) atoms. The van der Waals surface area contributed by atoms with Gasteiger partial charge in [-0.25, -0.2) is 0 Å². The van der Waals surface area contributed by atoms with Gasteiger partial charge < -0.3 is 30.1 Å². The molecule has 7 nitrogen and oxygen atoms in total. The van der Waals surface area contributed by atoms with Crippen LogP contribution in [-0.2, 0) is 14.3 Å². The second-order valence-electron chi connectivity index (χ2n) is 5.22. The van der Waals surface area contributed by atoms with Gasteiger partial charge in [0.25, 0.3) is 0 Å². The lowest BCUT2D eigenvalue weighted by Gasteiger charge is -2.38. The fourth-order valence-electron chi connectivity index (χ4n) is 2.06. The third-order valence-corrected chi connectivity index (χ3v) is 4.44. The van der Waals surface area contributed by atoms with Gasteiger partial charge in [0, 0.05) is 18.7 Å². The first-order valence-corrected chi connectivity index (χ1v) is 8.78. The first-order valence-electron chi connectivity index (χ1n) is 7.63. The second kappa shape index (κ2) is 10.4. The highest BCUT2D eigenvalue weighted by molar-refractivity contribution is 7.99. The first kappa shape index (κ1) is 19.7. The van der Waals surface area contributed by atoms with E-state index in [0.29, 0.717) is 19.6 Å². The lowest BCUT2D eigenvalue weighted by atomic mass is 10.0. The highest BCUT2D eigenvalue weighted by Crippen LogP contribution is 2.21. The van der Waals surface area contributed by atoms with E-state index in [1.165, 1.54) is 0 Å². The minimum Gasteiger partial charge on any atom is -0.388 e. The van der Waals surface area contributed by atoms with Gasteiger partial charge in [0.1, 0.15) is 18.3 Å². The molecule has 8 heteroatoms. The van der Waals surface area contributed by atoms with Crippen molar-refractivity contribution in [3.8, 4) is 0 Å². The van der Waals surface area contributed by atoms with Gasteiger partial charge in [-0.1, -0.05) is 0 Å². The summed E-state index contributed by atoms with van der Waals surface area (Å²) in [6.45, 7) is 4.54. The Kier molecular flexibility index (Phi) is 9.30. The van der Waals surface area contributed by atoms with E-state index in [-0.39, 0.29) is 5.91 Å². The zero-order valence-corrected chi connectivity index (χ0v) is 13.9. The Morgan fingerprint density at radius 2 is 1.95 bits per heavy atom. The summed E-state index contributed by atoms with van der Waals surface area (Å²) in [7, 11) is 0. The van der Waals surface area contributed by atoms with E-state index in [1.54, 1.807) is 18.7 Å². The van der Waals surface area contributed by atoms with E-state index in [1.807, 2.05) is 6.92 Å². The van der Waals surface area contributed by atoms with Gasteiger partial charge >= 0.3 is 0 Å². The zero-order valence-electron chi connectivity index (χ0n) is 13.1. The molecule has 1 aliphatic heterocycles. The lowest BCUT2D eigenvalue weighted by Crippen LogP contribution is -2.57. The van der Waals surface area contributed by atoms with Crippen LogP contribution in [-0.4, -0.2) is 76.6 Å². The quantitative estimate of drug-likeness (QED) is 0.419. The number of nitrogens with one attached hydrogen (secondary N) is 1. The van der Waals surface area contributed by atoms with E-state index in [4.69, 9.17) is 9.47 Å². The topological polar surface area (TPSA) is 108 Å². The van der Waals surface area contributed by atoms with E-state index in [0.717, 1.165) is 17.9 Å². The van der Waals surface area contributed by atoms with Crippen molar-refractivity contribution in [2.45, 2.75) is 57.4 Å². The smallest absolute Gasteiger partial charge is 0.220 e. The van der Waals surface area contributed by atoms with Crippen LogP contribution in [0.15, 0.2) is 0 Å². The molecule has 1 amide bonds. The molecule has 2 unspecified atom stereocenters. The maximum absolute atomic E-state index is 11.2. The Morgan fingerprint density at radius 3 is 2.64 bits per heavy atom. The standard InChI is InChI=1S/C14H27NO6S/c1-3-15-10(16)5-8-22-7-4-6-20-14-13(19)12(18)11(17)9(2)21-14/h9,11-14,17-19H,3-8H2,1-2H3,(H,15,16)/t9?,11-,12?,13-,14+/m0/s1. The van der Waals surface area contributed by atoms with Crippen LogP contribution in [0, 0.1) is 0 Å². The summed E-state index contributed by atoms with van der Waals surface area (Å²) in [4.78, 5) is 11.2. The van der Waals surface area contributed by atoms with Gasteiger partial charge in [-0.3, -0.25) is 4.79 Å². The van der Waals surface area contributed by atoms with Crippen molar-refractivity contribution in [3.05, 3.63) is 0 Å². The molecule has 0 aliphatic carbocycles. The molecule has 0 saturated carbocycles. The summed E-state index contributed by atoms with van der Waals surface area (Å²) in [5.41, 5.74) is 0. The van der Waals surface area contributed by atoms with E-state index < -0.39 is 30.7 Å². The van der Waals surface area contributed by atoms with Crippen molar-refractivity contribution >= 4 is 17.7 Å². The molecule has 1 heterocycles.